The molecule has 1 aromatic carbocycles. The number of non-ortho nitro benzene ring substituents is 1. The summed E-state index contributed by atoms with van der Waals surface area (Å²) in [4.78, 5) is 17.7. The lowest BCUT2D eigenvalue weighted by molar-refractivity contribution is -0.384. The van der Waals surface area contributed by atoms with E-state index in [1.165, 1.54) is 24.3 Å². The van der Waals surface area contributed by atoms with Crippen molar-refractivity contribution in [3.8, 4) is 11.6 Å². The average molecular weight is 278 g/mol. The fourth-order valence-electron chi connectivity index (χ4n) is 1.44. The molecule has 2 aromatic rings. The molecule has 0 aliphatic rings. The maximum Gasteiger partial charge on any atom is 0.273 e. The first-order valence-corrected chi connectivity index (χ1v) is 5.79. The lowest BCUT2D eigenvalue weighted by Crippen LogP contribution is -2.04. The van der Waals surface area contributed by atoms with Crippen LogP contribution in [-0.2, 0) is 0 Å². The van der Waals surface area contributed by atoms with E-state index in [0.29, 0.717) is 6.54 Å². The smallest absolute Gasteiger partial charge is 0.273 e. The monoisotopic (exact) mass is 278 g/mol. The van der Waals surface area contributed by atoms with Gasteiger partial charge in [0, 0.05) is 12.6 Å². The van der Waals surface area contributed by atoms with Crippen molar-refractivity contribution in [2.45, 2.75) is 6.92 Å². The molecule has 0 atom stereocenters. The second kappa shape index (κ2) is 5.91. The van der Waals surface area contributed by atoms with Crippen LogP contribution in [-0.4, -0.2) is 21.4 Å². The molecule has 8 heteroatoms. The molecule has 1 aromatic heterocycles. The van der Waals surface area contributed by atoms with Crippen LogP contribution in [0, 0.1) is 15.9 Å². The number of hydrogen-bond acceptors (Lipinski definition) is 6. The summed E-state index contributed by atoms with van der Waals surface area (Å²) in [6.07, 6.45) is 0.970. The molecule has 104 valence electrons. The molecule has 2 rings (SSSR count). The molecule has 20 heavy (non-hydrogen) atoms. The van der Waals surface area contributed by atoms with Crippen molar-refractivity contribution < 1.29 is 14.1 Å². The number of nitro benzene ring substituents is 1. The minimum absolute atomic E-state index is 0.124. The molecule has 0 saturated carbocycles. The van der Waals surface area contributed by atoms with Crippen molar-refractivity contribution in [2.24, 2.45) is 0 Å². The third kappa shape index (κ3) is 3.16. The fraction of sp³-hybridized carbons (Fsp3) is 0.167. The summed E-state index contributed by atoms with van der Waals surface area (Å²) in [5, 5.41) is 13.5. The Morgan fingerprint density at radius 1 is 1.50 bits per heavy atom. The Labute approximate surface area is 113 Å². The molecule has 1 heterocycles. The van der Waals surface area contributed by atoms with E-state index in [1.54, 1.807) is 0 Å². The lowest BCUT2D eigenvalue weighted by Gasteiger charge is -2.07. The second-order valence-corrected chi connectivity index (χ2v) is 3.73. The summed E-state index contributed by atoms with van der Waals surface area (Å²) in [6.45, 7) is 2.41. The van der Waals surface area contributed by atoms with Crippen LogP contribution < -0.4 is 10.1 Å². The summed E-state index contributed by atoms with van der Waals surface area (Å²) in [5.41, 5.74) is -0.149. The van der Waals surface area contributed by atoms with Crippen molar-refractivity contribution in [1.82, 2.24) is 9.97 Å². The number of benzene rings is 1. The number of nitro groups is 1. The van der Waals surface area contributed by atoms with Crippen molar-refractivity contribution in [2.75, 3.05) is 11.9 Å². The molecule has 0 unspecified atom stereocenters. The van der Waals surface area contributed by atoms with Gasteiger partial charge < -0.3 is 10.1 Å². The Kier molecular flexibility index (Phi) is 4.04. The highest BCUT2D eigenvalue weighted by Crippen LogP contribution is 2.25. The number of rotatable bonds is 5. The summed E-state index contributed by atoms with van der Waals surface area (Å²) >= 11 is 0. The Hall–Kier alpha value is -2.77. The first-order valence-electron chi connectivity index (χ1n) is 5.79. The van der Waals surface area contributed by atoms with E-state index in [-0.39, 0.29) is 23.3 Å². The van der Waals surface area contributed by atoms with Gasteiger partial charge in [0.25, 0.3) is 11.6 Å². The molecule has 7 nitrogen and oxygen atoms in total. The average Bonchev–Trinajstić information content (AvgIpc) is 2.43. The third-order valence-corrected chi connectivity index (χ3v) is 2.29. The van der Waals surface area contributed by atoms with Gasteiger partial charge in [0.15, 0.2) is 0 Å². The molecule has 0 aliphatic carbocycles. The molecule has 0 amide bonds. The van der Waals surface area contributed by atoms with Crippen LogP contribution in [0.25, 0.3) is 0 Å². The molecule has 0 bridgehead atoms. The van der Waals surface area contributed by atoms with Crippen LogP contribution in [0.3, 0.4) is 0 Å². The number of ether oxygens (including phenoxy) is 1. The van der Waals surface area contributed by atoms with Gasteiger partial charge in [-0.25, -0.2) is 4.98 Å². The number of halogens is 1. The number of hydrogen-bond donors (Lipinski definition) is 1. The first kappa shape index (κ1) is 13.7. The molecule has 0 fully saturated rings. The van der Waals surface area contributed by atoms with Gasteiger partial charge in [0.2, 0.25) is 11.8 Å². The normalized spacial score (nSPS) is 10.1. The molecule has 0 saturated heterocycles. The molecule has 1 N–H and O–H groups in total. The Bertz CT molecular complexity index is 636. The van der Waals surface area contributed by atoms with E-state index in [4.69, 9.17) is 4.74 Å². The van der Waals surface area contributed by atoms with Gasteiger partial charge >= 0.3 is 0 Å². The van der Waals surface area contributed by atoms with E-state index < -0.39 is 10.7 Å². The standard InChI is InChI=1S/C12H11FN4O3/c1-2-14-12-15-7-10(13)11(16-12)20-9-5-3-4-8(6-9)17(18)19/h3-7H,2H2,1H3,(H,14,15,16). The van der Waals surface area contributed by atoms with Crippen LogP contribution in [0.1, 0.15) is 6.92 Å². The number of nitrogens with zero attached hydrogens (tertiary/aromatic N) is 3. The van der Waals surface area contributed by atoms with Crippen LogP contribution >= 0.6 is 0 Å². The number of anilines is 1. The first-order chi connectivity index (χ1) is 9.60. The van der Waals surface area contributed by atoms with Gasteiger partial charge in [-0.05, 0) is 13.0 Å². The van der Waals surface area contributed by atoms with Crippen molar-refractivity contribution in [3.05, 3.63) is 46.4 Å². The maximum atomic E-state index is 13.5. The van der Waals surface area contributed by atoms with Crippen molar-refractivity contribution in [3.63, 3.8) is 0 Å². The molecule has 0 aliphatic heterocycles. The van der Waals surface area contributed by atoms with E-state index in [2.05, 4.69) is 15.3 Å². The SMILES string of the molecule is CCNc1ncc(F)c(Oc2cccc([N+](=O)[O-])c2)n1. The number of nitrogens with one attached hydrogen (secondary N) is 1. The minimum Gasteiger partial charge on any atom is -0.436 e. The van der Waals surface area contributed by atoms with Gasteiger partial charge in [-0.2, -0.15) is 9.37 Å². The zero-order chi connectivity index (χ0) is 14.5. The van der Waals surface area contributed by atoms with E-state index in [1.807, 2.05) is 6.92 Å². The highest BCUT2D eigenvalue weighted by molar-refractivity contribution is 5.40. The fourth-order valence-corrected chi connectivity index (χ4v) is 1.44. The van der Waals surface area contributed by atoms with Crippen LogP contribution in [0.15, 0.2) is 30.5 Å². The van der Waals surface area contributed by atoms with E-state index in [0.717, 1.165) is 6.20 Å². The maximum absolute atomic E-state index is 13.5. The zero-order valence-corrected chi connectivity index (χ0v) is 10.5. The van der Waals surface area contributed by atoms with E-state index >= 15 is 0 Å². The third-order valence-electron chi connectivity index (χ3n) is 2.29. The minimum atomic E-state index is -0.752. The molecule has 0 radical (unpaired) electrons. The largest absolute Gasteiger partial charge is 0.436 e. The predicted octanol–water partition coefficient (Wildman–Crippen LogP) is 2.75. The lowest BCUT2D eigenvalue weighted by atomic mass is 10.3. The molecular formula is C12H11FN4O3. The summed E-state index contributed by atoms with van der Waals surface area (Å²) in [7, 11) is 0. The Morgan fingerprint density at radius 2 is 2.30 bits per heavy atom. The quantitative estimate of drug-likeness (QED) is 0.668. The topological polar surface area (TPSA) is 90.2 Å². The van der Waals surface area contributed by atoms with Crippen LogP contribution in [0.2, 0.25) is 0 Å². The highest BCUT2D eigenvalue weighted by atomic mass is 19.1. The second-order valence-electron chi connectivity index (χ2n) is 3.73. The highest BCUT2D eigenvalue weighted by Gasteiger charge is 2.12. The predicted molar refractivity (Wildman–Crippen MR) is 69.3 cm³/mol. The molecule has 0 spiro atoms. The van der Waals surface area contributed by atoms with Crippen molar-refractivity contribution >= 4 is 11.6 Å². The summed E-state index contributed by atoms with van der Waals surface area (Å²) in [6, 6.07) is 5.42. The Morgan fingerprint density at radius 3 is 3.00 bits per heavy atom. The Balaban J connectivity index is 2.27. The van der Waals surface area contributed by atoms with Gasteiger partial charge in [-0.3, -0.25) is 10.1 Å². The molecular weight excluding hydrogens is 267 g/mol. The summed E-state index contributed by atoms with van der Waals surface area (Å²) in [5.74, 6) is -0.705. The van der Waals surface area contributed by atoms with Gasteiger partial charge in [-0.15, -0.1) is 0 Å². The van der Waals surface area contributed by atoms with Crippen LogP contribution in [0.5, 0.6) is 11.6 Å². The zero-order valence-electron chi connectivity index (χ0n) is 10.5. The van der Waals surface area contributed by atoms with Gasteiger partial charge in [0.05, 0.1) is 17.2 Å². The van der Waals surface area contributed by atoms with Gasteiger partial charge in [-0.1, -0.05) is 6.07 Å². The van der Waals surface area contributed by atoms with Crippen LogP contribution in [0.4, 0.5) is 16.0 Å². The van der Waals surface area contributed by atoms with Gasteiger partial charge in [0.1, 0.15) is 5.75 Å². The number of aromatic nitrogens is 2. The van der Waals surface area contributed by atoms with Crippen molar-refractivity contribution in [1.29, 1.82) is 0 Å². The van der Waals surface area contributed by atoms with E-state index in [9.17, 15) is 14.5 Å². The summed E-state index contributed by atoms with van der Waals surface area (Å²) < 4.78 is 18.8.